The van der Waals surface area contributed by atoms with Gasteiger partial charge in [-0.15, -0.1) is 6.58 Å². The van der Waals surface area contributed by atoms with E-state index in [0.29, 0.717) is 24.3 Å². The van der Waals surface area contributed by atoms with E-state index >= 15 is 0 Å². The highest BCUT2D eigenvalue weighted by Gasteiger charge is 2.45. The third kappa shape index (κ3) is 4.04. The lowest BCUT2D eigenvalue weighted by Gasteiger charge is -2.36. The van der Waals surface area contributed by atoms with Crippen molar-refractivity contribution in [2.24, 2.45) is 0 Å². The first-order chi connectivity index (χ1) is 11.9. The summed E-state index contributed by atoms with van der Waals surface area (Å²) in [4.78, 5) is 62.1. The molecule has 1 N–H and O–H groups in total. The molecule has 1 unspecified atom stereocenters. The largest absolute Gasteiger partial charge is 0.481 e. The molecule has 0 aromatic carbocycles. The average Bonchev–Trinajstić information content (AvgIpc) is 2.78. The Morgan fingerprint density at radius 3 is 2.48 bits per heavy atom. The van der Waals surface area contributed by atoms with E-state index in [4.69, 9.17) is 5.11 Å². The predicted molar refractivity (Wildman–Crippen MR) is 85.2 cm³/mol. The van der Waals surface area contributed by atoms with E-state index in [2.05, 4.69) is 6.58 Å². The van der Waals surface area contributed by atoms with Crippen molar-refractivity contribution in [2.75, 3.05) is 19.6 Å². The SMILES string of the molecule is C=CCN1C(=O)C(=O)N(CC(=O)N2CCCCC2CCC(=O)O)C1=O. The first kappa shape index (κ1) is 18.6. The second kappa shape index (κ2) is 7.91. The van der Waals surface area contributed by atoms with Gasteiger partial charge in [-0.2, -0.15) is 0 Å². The molecule has 136 valence electrons. The zero-order chi connectivity index (χ0) is 18.6. The molecule has 0 spiro atoms. The van der Waals surface area contributed by atoms with Gasteiger partial charge in [-0.25, -0.2) is 9.69 Å². The zero-order valence-electron chi connectivity index (χ0n) is 13.8. The maximum Gasteiger partial charge on any atom is 0.335 e. The van der Waals surface area contributed by atoms with Gasteiger partial charge in [0.25, 0.3) is 0 Å². The van der Waals surface area contributed by atoms with Crippen LogP contribution in [0.4, 0.5) is 4.79 Å². The monoisotopic (exact) mass is 351 g/mol. The summed E-state index contributed by atoms with van der Waals surface area (Å²) in [6.45, 7) is 3.26. The lowest BCUT2D eigenvalue weighted by molar-refractivity contribution is -0.145. The minimum Gasteiger partial charge on any atom is -0.481 e. The Kier molecular flexibility index (Phi) is 5.89. The Bertz CT molecular complexity index is 617. The number of piperidine rings is 1. The third-order valence-electron chi connectivity index (χ3n) is 4.38. The summed E-state index contributed by atoms with van der Waals surface area (Å²) in [5, 5.41) is 8.83. The Labute approximate surface area is 144 Å². The third-order valence-corrected chi connectivity index (χ3v) is 4.38. The molecule has 0 aromatic rings. The highest BCUT2D eigenvalue weighted by molar-refractivity contribution is 6.45. The summed E-state index contributed by atoms with van der Waals surface area (Å²) < 4.78 is 0. The molecule has 5 amide bonds. The fourth-order valence-electron chi connectivity index (χ4n) is 3.13. The normalized spacial score (nSPS) is 21.0. The molecule has 1 atom stereocenters. The van der Waals surface area contributed by atoms with Crippen LogP contribution in [0.1, 0.15) is 32.1 Å². The molecule has 2 saturated heterocycles. The van der Waals surface area contributed by atoms with Crippen LogP contribution in [0.15, 0.2) is 12.7 Å². The van der Waals surface area contributed by atoms with Crippen LogP contribution in [0.5, 0.6) is 0 Å². The van der Waals surface area contributed by atoms with Crippen LogP contribution in [-0.2, 0) is 19.2 Å². The van der Waals surface area contributed by atoms with Crippen LogP contribution in [0.25, 0.3) is 0 Å². The zero-order valence-corrected chi connectivity index (χ0v) is 13.8. The Balaban J connectivity index is 2.05. The predicted octanol–water partition coefficient (Wildman–Crippen LogP) is 0.209. The number of hydrogen-bond acceptors (Lipinski definition) is 5. The number of amides is 5. The van der Waals surface area contributed by atoms with Gasteiger partial charge in [0.05, 0.1) is 0 Å². The van der Waals surface area contributed by atoms with Crippen molar-refractivity contribution in [3.8, 4) is 0 Å². The van der Waals surface area contributed by atoms with Crippen molar-refractivity contribution in [1.29, 1.82) is 0 Å². The van der Waals surface area contributed by atoms with Crippen LogP contribution < -0.4 is 0 Å². The Hall–Kier alpha value is -2.71. The molecule has 2 aliphatic heterocycles. The van der Waals surface area contributed by atoms with Gasteiger partial charge >= 0.3 is 23.8 Å². The van der Waals surface area contributed by atoms with Crippen molar-refractivity contribution in [3.05, 3.63) is 12.7 Å². The summed E-state index contributed by atoms with van der Waals surface area (Å²) in [6, 6.07) is -1.06. The van der Waals surface area contributed by atoms with Crippen LogP contribution in [0, 0.1) is 0 Å². The molecule has 9 heteroatoms. The summed E-state index contributed by atoms with van der Waals surface area (Å²) in [5.74, 6) is -3.39. The van der Waals surface area contributed by atoms with Crippen LogP contribution >= 0.6 is 0 Å². The number of carbonyl (C=O) groups is 5. The number of rotatable bonds is 7. The quantitative estimate of drug-likeness (QED) is 0.398. The summed E-state index contributed by atoms with van der Waals surface area (Å²) in [6.07, 6.45) is 3.94. The minimum atomic E-state index is -1.03. The average molecular weight is 351 g/mol. The highest BCUT2D eigenvalue weighted by Crippen LogP contribution is 2.22. The van der Waals surface area contributed by atoms with Crippen molar-refractivity contribution in [3.63, 3.8) is 0 Å². The van der Waals surface area contributed by atoms with Gasteiger partial charge in [-0.1, -0.05) is 6.08 Å². The minimum absolute atomic E-state index is 0.0539. The van der Waals surface area contributed by atoms with Crippen molar-refractivity contribution >= 4 is 29.7 Å². The van der Waals surface area contributed by atoms with E-state index in [1.807, 2.05) is 0 Å². The first-order valence-corrected chi connectivity index (χ1v) is 8.16. The number of carboxylic acids is 1. The molecule has 2 fully saturated rings. The molecular formula is C16H21N3O6. The molecule has 2 aliphatic rings. The van der Waals surface area contributed by atoms with Crippen molar-refractivity contribution in [2.45, 2.75) is 38.1 Å². The Morgan fingerprint density at radius 1 is 1.16 bits per heavy atom. The molecule has 0 aliphatic carbocycles. The molecule has 2 rings (SSSR count). The van der Waals surface area contributed by atoms with E-state index in [0.717, 1.165) is 17.7 Å². The molecule has 25 heavy (non-hydrogen) atoms. The van der Waals surface area contributed by atoms with E-state index in [9.17, 15) is 24.0 Å². The number of carboxylic acid groups (broad SMARTS) is 1. The number of urea groups is 1. The fraction of sp³-hybridized carbons (Fsp3) is 0.562. The molecule has 2 heterocycles. The lowest BCUT2D eigenvalue weighted by Crippen LogP contribution is -2.49. The van der Waals surface area contributed by atoms with Gasteiger partial charge in [-0.3, -0.25) is 24.1 Å². The molecule has 0 saturated carbocycles. The van der Waals surface area contributed by atoms with Crippen LogP contribution in [-0.4, -0.2) is 75.2 Å². The number of carbonyl (C=O) groups excluding carboxylic acids is 4. The van der Waals surface area contributed by atoms with Gasteiger partial charge < -0.3 is 10.0 Å². The molecular weight excluding hydrogens is 330 g/mol. The van der Waals surface area contributed by atoms with Crippen molar-refractivity contribution in [1.82, 2.24) is 14.7 Å². The fourth-order valence-corrected chi connectivity index (χ4v) is 3.13. The van der Waals surface area contributed by atoms with Gasteiger partial charge in [0.2, 0.25) is 5.91 Å². The number of aliphatic carboxylic acids is 1. The van der Waals surface area contributed by atoms with E-state index < -0.39 is 36.3 Å². The van der Waals surface area contributed by atoms with Crippen LogP contribution in [0.3, 0.4) is 0 Å². The molecule has 9 nitrogen and oxygen atoms in total. The van der Waals surface area contributed by atoms with Crippen LogP contribution in [0.2, 0.25) is 0 Å². The number of hydrogen-bond donors (Lipinski definition) is 1. The standard InChI is InChI=1S/C16H21N3O6/c1-2-8-18-14(23)15(24)19(16(18)25)10-12(20)17-9-4-3-5-11(17)6-7-13(21)22/h2,11H,1,3-10H2,(H,21,22). The maximum atomic E-state index is 12.6. The van der Waals surface area contributed by atoms with Gasteiger partial charge in [-0.05, 0) is 25.7 Å². The van der Waals surface area contributed by atoms with Crippen molar-refractivity contribution < 1.29 is 29.1 Å². The lowest BCUT2D eigenvalue weighted by atomic mass is 9.98. The first-order valence-electron chi connectivity index (χ1n) is 8.16. The molecule has 0 aromatic heterocycles. The highest BCUT2D eigenvalue weighted by atomic mass is 16.4. The molecule has 0 radical (unpaired) electrons. The number of likely N-dealkylation sites (tertiary alicyclic amines) is 1. The van der Waals surface area contributed by atoms with Gasteiger partial charge in [0, 0.05) is 25.6 Å². The summed E-state index contributed by atoms with van der Waals surface area (Å²) >= 11 is 0. The smallest absolute Gasteiger partial charge is 0.335 e. The second-order valence-electron chi connectivity index (χ2n) is 6.05. The number of nitrogens with zero attached hydrogens (tertiary/aromatic N) is 3. The Morgan fingerprint density at radius 2 is 1.84 bits per heavy atom. The molecule has 0 bridgehead atoms. The summed E-state index contributed by atoms with van der Waals surface area (Å²) in [7, 11) is 0. The van der Waals surface area contributed by atoms with E-state index in [1.54, 1.807) is 0 Å². The maximum absolute atomic E-state index is 12.6. The van der Waals surface area contributed by atoms with E-state index in [-0.39, 0.29) is 19.0 Å². The topological polar surface area (TPSA) is 115 Å². The summed E-state index contributed by atoms with van der Waals surface area (Å²) in [5.41, 5.74) is 0. The van der Waals surface area contributed by atoms with Gasteiger partial charge in [0.15, 0.2) is 0 Å². The van der Waals surface area contributed by atoms with Gasteiger partial charge in [0.1, 0.15) is 6.54 Å². The number of imide groups is 2. The second-order valence-corrected chi connectivity index (χ2v) is 6.05. The van der Waals surface area contributed by atoms with E-state index in [1.165, 1.54) is 11.0 Å².